The van der Waals surface area contributed by atoms with Crippen molar-refractivity contribution in [2.45, 2.75) is 57.8 Å². The zero-order valence-corrected chi connectivity index (χ0v) is 15.6. The third-order valence-electron chi connectivity index (χ3n) is 4.35. The van der Waals surface area contributed by atoms with Crippen LogP contribution >= 0.6 is 0 Å². The van der Waals surface area contributed by atoms with E-state index in [-0.39, 0.29) is 24.7 Å². The second-order valence-corrected chi connectivity index (χ2v) is 6.54. The topological polar surface area (TPSA) is 73.9 Å². The van der Waals surface area contributed by atoms with Gasteiger partial charge in [0.1, 0.15) is 0 Å². The van der Waals surface area contributed by atoms with Gasteiger partial charge < -0.3 is 19.5 Å². The lowest BCUT2D eigenvalue weighted by Gasteiger charge is -2.19. The zero-order valence-electron chi connectivity index (χ0n) is 15.6. The van der Waals surface area contributed by atoms with Crippen LogP contribution in [0, 0.1) is 0 Å². The first-order valence-corrected chi connectivity index (χ1v) is 9.34. The van der Waals surface area contributed by atoms with Gasteiger partial charge in [0.15, 0.2) is 12.7 Å². The highest BCUT2D eigenvalue weighted by Gasteiger charge is 2.22. The molecule has 0 bridgehead atoms. The molecule has 6 heteroatoms. The van der Waals surface area contributed by atoms with Crippen LogP contribution in [0.25, 0.3) is 0 Å². The quantitative estimate of drug-likeness (QED) is 0.647. The van der Waals surface area contributed by atoms with Crippen molar-refractivity contribution in [3.63, 3.8) is 0 Å². The molecule has 1 saturated heterocycles. The summed E-state index contributed by atoms with van der Waals surface area (Å²) in [5, 5.41) is 2.93. The van der Waals surface area contributed by atoms with Crippen LogP contribution in [0.15, 0.2) is 30.3 Å². The first-order chi connectivity index (χ1) is 12.6. The van der Waals surface area contributed by atoms with E-state index in [1.54, 1.807) is 6.92 Å². The number of amides is 1. The van der Waals surface area contributed by atoms with Crippen LogP contribution in [0.5, 0.6) is 0 Å². The molecule has 3 atom stereocenters. The Hall–Kier alpha value is -1.92. The van der Waals surface area contributed by atoms with Gasteiger partial charge in [-0.2, -0.15) is 0 Å². The van der Waals surface area contributed by atoms with Gasteiger partial charge in [-0.3, -0.25) is 4.79 Å². The van der Waals surface area contributed by atoms with E-state index in [4.69, 9.17) is 14.2 Å². The molecule has 0 spiro atoms. The molecule has 2 rings (SSSR count). The van der Waals surface area contributed by atoms with Gasteiger partial charge in [0.05, 0.1) is 18.8 Å². The number of carbonyl (C=O) groups excluding carboxylic acids is 2. The molecule has 1 amide bonds. The molecule has 1 fully saturated rings. The molecule has 0 aromatic heterocycles. The van der Waals surface area contributed by atoms with E-state index >= 15 is 0 Å². The Kier molecular flexibility index (Phi) is 8.58. The molecule has 1 aliphatic heterocycles. The molecule has 3 unspecified atom stereocenters. The summed E-state index contributed by atoms with van der Waals surface area (Å²) in [7, 11) is 0. The molecular weight excluding hydrogens is 334 g/mol. The number of esters is 1. The highest BCUT2D eigenvalue weighted by atomic mass is 16.6. The van der Waals surface area contributed by atoms with Gasteiger partial charge in [0, 0.05) is 6.61 Å². The highest BCUT2D eigenvalue weighted by molar-refractivity contribution is 5.82. The number of carbonyl (C=O) groups is 2. The van der Waals surface area contributed by atoms with E-state index in [9.17, 15) is 9.59 Å². The van der Waals surface area contributed by atoms with E-state index in [0.29, 0.717) is 6.61 Å². The minimum Gasteiger partial charge on any atom is -0.454 e. The van der Waals surface area contributed by atoms with Gasteiger partial charge in [-0.15, -0.1) is 0 Å². The fraction of sp³-hybridized carbons (Fsp3) is 0.600. The largest absolute Gasteiger partial charge is 0.454 e. The summed E-state index contributed by atoms with van der Waals surface area (Å²) in [4.78, 5) is 24.1. The minimum atomic E-state index is -0.715. The van der Waals surface area contributed by atoms with Crippen LogP contribution in [-0.4, -0.2) is 43.9 Å². The van der Waals surface area contributed by atoms with Crippen LogP contribution in [0.4, 0.5) is 0 Å². The summed E-state index contributed by atoms with van der Waals surface area (Å²) in [5.41, 5.74) is 1.04. The van der Waals surface area contributed by atoms with Gasteiger partial charge in [0.2, 0.25) is 0 Å². The van der Waals surface area contributed by atoms with Crippen molar-refractivity contribution in [3.05, 3.63) is 35.9 Å². The lowest BCUT2D eigenvalue weighted by Crippen LogP contribution is -2.34. The van der Waals surface area contributed by atoms with Gasteiger partial charge in [-0.1, -0.05) is 43.7 Å². The van der Waals surface area contributed by atoms with Crippen LogP contribution in [0.2, 0.25) is 0 Å². The smallest absolute Gasteiger partial charge is 0.335 e. The maximum absolute atomic E-state index is 12.1. The molecule has 1 aromatic carbocycles. The third-order valence-corrected chi connectivity index (χ3v) is 4.35. The molecule has 1 heterocycles. The average Bonchev–Trinajstić information content (AvgIpc) is 3.18. The lowest BCUT2D eigenvalue weighted by atomic mass is 10.0. The van der Waals surface area contributed by atoms with Crippen molar-refractivity contribution in [1.29, 1.82) is 0 Å². The lowest BCUT2D eigenvalue weighted by molar-refractivity contribution is -0.160. The fourth-order valence-corrected chi connectivity index (χ4v) is 2.88. The van der Waals surface area contributed by atoms with Crippen molar-refractivity contribution in [1.82, 2.24) is 5.32 Å². The van der Waals surface area contributed by atoms with Crippen molar-refractivity contribution in [2.24, 2.45) is 0 Å². The molecule has 1 N–H and O–H groups in total. The summed E-state index contributed by atoms with van der Waals surface area (Å²) in [5.74, 6) is -0.850. The number of benzene rings is 1. The first-order valence-electron chi connectivity index (χ1n) is 9.34. The molecule has 6 nitrogen and oxygen atoms in total. The number of hydrogen-bond donors (Lipinski definition) is 1. The molecule has 0 saturated carbocycles. The molecular formula is C20H29NO5. The monoisotopic (exact) mass is 363 g/mol. The standard InChI is InChI=1S/C20H29NO5/c1-3-8-18(16-9-5-4-6-10-16)21-19(22)14-26-20(23)15(2)25-13-17-11-7-12-24-17/h4-6,9-10,15,17-18H,3,7-8,11-14H2,1-2H3,(H,21,22). The summed E-state index contributed by atoms with van der Waals surface area (Å²) >= 11 is 0. The maximum atomic E-state index is 12.1. The molecule has 144 valence electrons. The van der Waals surface area contributed by atoms with Gasteiger partial charge in [-0.25, -0.2) is 4.79 Å². The van der Waals surface area contributed by atoms with Crippen LogP contribution in [0.1, 0.15) is 51.1 Å². The second-order valence-electron chi connectivity index (χ2n) is 6.54. The zero-order chi connectivity index (χ0) is 18.8. The third kappa shape index (κ3) is 6.77. The Morgan fingerprint density at radius 3 is 2.73 bits per heavy atom. The van der Waals surface area contributed by atoms with Crippen molar-refractivity contribution < 1.29 is 23.8 Å². The number of ether oxygens (including phenoxy) is 3. The Morgan fingerprint density at radius 2 is 2.08 bits per heavy atom. The van der Waals surface area contributed by atoms with Crippen molar-refractivity contribution in [2.75, 3.05) is 19.8 Å². The van der Waals surface area contributed by atoms with Crippen molar-refractivity contribution in [3.8, 4) is 0 Å². The number of hydrogen-bond acceptors (Lipinski definition) is 5. The normalized spacial score (nSPS) is 18.9. The Labute approximate surface area is 155 Å². The van der Waals surface area contributed by atoms with Crippen LogP contribution in [-0.2, 0) is 23.8 Å². The first kappa shape index (κ1) is 20.4. The van der Waals surface area contributed by atoms with Gasteiger partial charge in [0.25, 0.3) is 5.91 Å². The summed E-state index contributed by atoms with van der Waals surface area (Å²) in [6.45, 7) is 4.50. The summed E-state index contributed by atoms with van der Waals surface area (Å²) < 4.78 is 16.0. The van der Waals surface area contributed by atoms with Crippen LogP contribution < -0.4 is 5.32 Å². The average molecular weight is 363 g/mol. The molecule has 26 heavy (non-hydrogen) atoms. The summed E-state index contributed by atoms with van der Waals surface area (Å²) in [6.07, 6.45) is 3.07. The molecule has 1 aliphatic rings. The second kappa shape index (κ2) is 10.9. The Bertz CT molecular complexity index is 557. The van der Waals surface area contributed by atoms with Crippen LogP contribution in [0.3, 0.4) is 0 Å². The SMILES string of the molecule is CCCC(NC(=O)COC(=O)C(C)OCC1CCCO1)c1ccccc1. The van der Waals surface area contributed by atoms with E-state index < -0.39 is 12.1 Å². The summed E-state index contributed by atoms with van der Waals surface area (Å²) in [6, 6.07) is 9.70. The van der Waals surface area contributed by atoms with E-state index in [0.717, 1.165) is 37.9 Å². The highest BCUT2D eigenvalue weighted by Crippen LogP contribution is 2.18. The predicted molar refractivity (Wildman–Crippen MR) is 97.6 cm³/mol. The van der Waals surface area contributed by atoms with Gasteiger partial charge in [-0.05, 0) is 31.7 Å². The minimum absolute atomic E-state index is 0.0502. The Balaban J connectivity index is 1.72. The number of rotatable bonds is 10. The van der Waals surface area contributed by atoms with Crippen molar-refractivity contribution >= 4 is 11.9 Å². The molecule has 1 aromatic rings. The fourth-order valence-electron chi connectivity index (χ4n) is 2.88. The van der Waals surface area contributed by atoms with E-state index in [1.807, 2.05) is 30.3 Å². The molecule has 0 radical (unpaired) electrons. The van der Waals surface area contributed by atoms with Gasteiger partial charge >= 0.3 is 5.97 Å². The number of nitrogens with one attached hydrogen (secondary N) is 1. The maximum Gasteiger partial charge on any atom is 0.335 e. The predicted octanol–water partition coefficient (Wildman–Crippen LogP) is 2.77. The van der Waals surface area contributed by atoms with E-state index in [1.165, 1.54) is 0 Å². The Morgan fingerprint density at radius 1 is 1.31 bits per heavy atom. The molecule has 0 aliphatic carbocycles. The van der Waals surface area contributed by atoms with E-state index in [2.05, 4.69) is 12.2 Å².